The van der Waals surface area contributed by atoms with E-state index in [1.807, 2.05) is 24.4 Å². The number of hydrogen-bond donors (Lipinski definition) is 1. The number of unbranched alkanes of at least 4 members (excludes halogenated alkanes) is 2. The molecular formula is C28H36N2O2S. The Morgan fingerprint density at radius 1 is 1.18 bits per heavy atom. The molecule has 2 heterocycles. The van der Waals surface area contributed by atoms with E-state index < -0.39 is 0 Å². The molecular weight excluding hydrogens is 428 g/mol. The summed E-state index contributed by atoms with van der Waals surface area (Å²) < 4.78 is 6.62. The molecule has 33 heavy (non-hydrogen) atoms. The molecule has 1 N–H and O–H groups in total. The quantitative estimate of drug-likeness (QED) is 0.219. The van der Waals surface area contributed by atoms with Crippen molar-refractivity contribution in [1.29, 1.82) is 0 Å². The third-order valence-electron chi connectivity index (χ3n) is 6.03. The summed E-state index contributed by atoms with van der Waals surface area (Å²) in [6.07, 6.45) is 15.9. The number of amides is 1. The van der Waals surface area contributed by atoms with Gasteiger partial charge in [-0.05, 0) is 85.4 Å². The van der Waals surface area contributed by atoms with Gasteiger partial charge in [-0.1, -0.05) is 32.8 Å². The van der Waals surface area contributed by atoms with E-state index in [0.717, 1.165) is 44.3 Å². The summed E-state index contributed by atoms with van der Waals surface area (Å²) in [5, 5.41) is 4.47. The number of ether oxygens (including phenoxy) is 1. The predicted molar refractivity (Wildman–Crippen MR) is 140 cm³/mol. The van der Waals surface area contributed by atoms with Gasteiger partial charge in [0, 0.05) is 34.1 Å². The first-order valence-electron chi connectivity index (χ1n) is 12.1. The topological polar surface area (TPSA) is 51.2 Å². The van der Waals surface area contributed by atoms with Gasteiger partial charge < -0.3 is 10.1 Å². The van der Waals surface area contributed by atoms with Gasteiger partial charge >= 0.3 is 0 Å². The zero-order chi connectivity index (χ0) is 23.5. The predicted octanol–water partition coefficient (Wildman–Crippen LogP) is 6.97. The average molecular weight is 465 g/mol. The molecule has 0 radical (unpaired) electrons. The minimum atomic E-state index is -0.0160. The Labute approximate surface area is 202 Å². The highest BCUT2D eigenvalue weighted by Crippen LogP contribution is 2.35. The van der Waals surface area contributed by atoms with Gasteiger partial charge in [-0.3, -0.25) is 9.78 Å². The smallest absolute Gasteiger partial charge is 0.244 e. The third kappa shape index (κ3) is 7.43. The third-order valence-corrected chi connectivity index (χ3v) is 7.19. The van der Waals surface area contributed by atoms with Gasteiger partial charge in [0.15, 0.2) is 0 Å². The normalized spacial score (nSPS) is 12.3. The van der Waals surface area contributed by atoms with E-state index in [-0.39, 0.29) is 11.9 Å². The molecule has 0 aliphatic heterocycles. The molecule has 2 aromatic heterocycles. The fourth-order valence-corrected chi connectivity index (χ4v) is 5.28. The maximum absolute atomic E-state index is 12.7. The van der Waals surface area contributed by atoms with Gasteiger partial charge in [0.1, 0.15) is 5.75 Å². The monoisotopic (exact) mass is 464 g/mol. The van der Waals surface area contributed by atoms with E-state index in [9.17, 15) is 4.79 Å². The van der Waals surface area contributed by atoms with Crippen molar-refractivity contribution in [2.24, 2.45) is 0 Å². The van der Waals surface area contributed by atoms with Crippen molar-refractivity contribution in [3.63, 3.8) is 0 Å². The number of rotatable bonds is 13. The number of nitrogens with zero attached hydrogens (tertiary/aromatic N) is 1. The van der Waals surface area contributed by atoms with Crippen LogP contribution in [0.25, 0.3) is 16.2 Å². The van der Waals surface area contributed by atoms with Gasteiger partial charge in [0.05, 0.1) is 7.11 Å². The number of thiophene rings is 1. The lowest BCUT2D eigenvalue weighted by molar-refractivity contribution is -0.117. The molecule has 3 aromatic rings. The number of aromatic nitrogens is 1. The molecule has 0 aliphatic rings. The van der Waals surface area contributed by atoms with Crippen molar-refractivity contribution in [3.05, 3.63) is 64.8 Å². The number of carbonyl (C=O) groups excluding carboxylic acids is 1. The van der Waals surface area contributed by atoms with Crippen LogP contribution in [0.1, 0.15) is 68.4 Å². The fourth-order valence-electron chi connectivity index (χ4n) is 4.10. The highest BCUT2D eigenvalue weighted by atomic mass is 32.1. The molecule has 4 nitrogen and oxygen atoms in total. The first-order valence-corrected chi connectivity index (χ1v) is 12.9. The standard InChI is InChI=1S/C28H36N2O2S/c1-4-6-7-13-24-25-15-14-23(32-3)19-27(25)33-26(24)16-17-28(31)30-22(5-2)12-8-10-21-11-9-18-29-20-21/h9,11,14-20,22H,4-8,10,12-13H2,1-3H3,(H,30,31)/b17-16+/t22-/m1/s1. The second-order valence-electron chi connectivity index (χ2n) is 8.46. The zero-order valence-electron chi connectivity index (χ0n) is 20.1. The van der Waals surface area contributed by atoms with E-state index in [2.05, 4.69) is 42.3 Å². The Kier molecular flexibility index (Phi) is 9.95. The lowest BCUT2D eigenvalue weighted by Crippen LogP contribution is -2.33. The average Bonchev–Trinajstić information content (AvgIpc) is 3.19. The molecule has 3 rings (SSSR count). The second-order valence-corrected chi connectivity index (χ2v) is 9.55. The van der Waals surface area contributed by atoms with Crippen LogP contribution in [-0.2, 0) is 17.6 Å². The van der Waals surface area contributed by atoms with Crippen LogP contribution in [0.5, 0.6) is 5.75 Å². The maximum Gasteiger partial charge on any atom is 0.244 e. The van der Waals surface area contributed by atoms with Crippen LogP contribution < -0.4 is 10.1 Å². The number of aryl methyl sites for hydroxylation is 2. The number of methoxy groups -OCH3 is 1. The molecule has 1 atom stereocenters. The fraction of sp³-hybridized carbons (Fsp3) is 0.429. The van der Waals surface area contributed by atoms with Crippen LogP contribution >= 0.6 is 11.3 Å². The van der Waals surface area contributed by atoms with E-state index in [0.29, 0.717) is 0 Å². The Bertz CT molecular complexity index is 1040. The van der Waals surface area contributed by atoms with Crippen molar-refractivity contribution in [1.82, 2.24) is 10.3 Å². The van der Waals surface area contributed by atoms with E-state index in [4.69, 9.17) is 4.74 Å². The number of nitrogens with one attached hydrogen (secondary N) is 1. The molecule has 0 aliphatic carbocycles. The Balaban J connectivity index is 1.64. The Hall–Kier alpha value is -2.66. The largest absolute Gasteiger partial charge is 0.497 e. The number of hydrogen-bond acceptors (Lipinski definition) is 4. The van der Waals surface area contributed by atoms with Crippen LogP contribution in [0.2, 0.25) is 0 Å². The first kappa shape index (κ1) is 25.0. The summed E-state index contributed by atoms with van der Waals surface area (Å²) in [5.74, 6) is 0.854. The Morgan fingerprint density at radius 3 is 2.79 bits per heavy atom. The Morgan fingerprint density at radius 2 is 2.06 bits per heavy atom. The van der Waals surface area contributed by atoms with Crippen molar-refractivity contribution in [3.8, 4) is 5.75 Å². The van der Waals surface area contributed by atoms with Crippen LogP contribution in [-0.4, -0.2) is 24.0 Å². The summed E-state index contributed by atoms with van der Waals surface area (Å²) in [4.78, 5) is 18.0. The minimum absolute atomic E-state index is 0.0160. The van der Waals surface area contributed by atoms with Crippen LogP contribution in [0.3, 0.4) is 0 Å². The molecule has 0 saturated heterocycles. The molecule has 5 heteroatoms. The number of carbonyl (C=O) groups is 1. The van der Waals surface area contributed by atoms with Gasteiger partial charge in [0.25, 0.3) is 0 Å². The highest BCUT2D eigenvalue weighted by molar-refractivity contribution is 7.20. The van der Waals surface area contributed by atoms with Crippen molar-refractivity contribution >= 4 is 33.4 Å². The summed E-state index contributed by atoms with van der Waals surface area (Å²) in [6, 6.07) is 10.5. The molecule has 0 spiro atoms. The first-order chi connectivity index (χ1) is 16.1. The molecule has 0 unspecified atom stereocenters. The zero-order valence-corrected chi connectivity index (χ0v) is 20.9. The van der Waals surface area contributed by atoms with Crippen LogP contribution in [0, 0.1) is 0 Å². The van der Waals surface area contributed by atoms with Gasteiger partial charge in [-0.2, -0.15) is 0 Å². The number of fused-ring (bicyclic) bond motifs is 1. The maximum atomic E-state index is 12.7. The molecule has 0 saturated carbocycles. The highest BCUT2D eigenvalue weighted by Gasteiger charge is 2.13. The van der Waals surface area contributed by atoms with E-state index in [1.54, 1.807) is 30.7 Å². The van der Waals surface area contributed by atoms with Gasteiger partial charge in [0.2, 0.25) is 5.91 Å². The van der Waals surface area contributed by atoms with Crippen molar-refractivity contribution in [2.45, 2.75) is 71.3 Å². The van der Waals surface area contributed by atoms with Crippen LogP contribution in [0.15, 0.2) is 48.8 Å². The summed E-state index contributed by atoms with van der Waals surface area (Å²) in [5.41, 5.74) is 2.59. The molecule has 176 valence electrons. The minimum Gasteiger partial charge on any atom is -0.497 e. The lowest BCUT2D eigenvalue weighted by atomic mass is 10.0. The molecule has 0 bridgehead atoms. The lowest BCUT2D eigenvalue weighted by Gasteiger charge is -2.15. The molecule has 1 aromatic carbocycles. The number of pyridine rings is 1. The van der Waals surface area contributed by atoms with Crippen LogP contribution in [0.4, 0.5) is 0 Å². The number of benzene rings is 1. The molecule has 1 amide bonds. The summed E-state index contributed by atoms with van der Waals surface area (Å²) in [7, 11) is 1.70. The summed E-state index contributed by atoms with van der Waals surface area (Å²) in [6.45, 7) is 4.35. The van der Waals surface area contributed by atoms with Crippen molar-refractivity contribution in [2.75, 3.05) is 7.11 Å². The van der Waals surface area contributed by atoms with E-state index in [1.165, 1.54) is 38.9 Å². The van der Waals surface area contributed by atoms with Crippen molar-refractivity contribution < 1.29 is 9.53 Å². The van der Waals surface area contributed by atoms with Gasteiger partial charge in [-0.15, -0.1) is 11.3 Å². The second kappa shape index (κ2) is 13.1. The van der Waals surface area contributed by atoms with E-state index >= 15 is 0 Å². The van der Waals surface area contributed by atoms with Gasteiger partial charge in [-0.25, -0.2) is 0 Å². The summed E-state index contributed by atoms with van der Waals surface area (Å²) >= 11 is 1.74. The molecule has 0 fully saturated rings. The SMILES string of the molecule is CCCCCc1c(/C=C/C(=O)N[C@H](CC)CCCc2cccnc2)sc2cc(OC)ccc12.